The van der Waals surface area contributed by atoms with Crippen LogP contribution in [0.4, 0.5) is 0 Å². The van der Waals surface area contributed by atoms with Crippen LogP contribution in [0, 0.1) is 5.41 Å². The summed E-state index contributed by atoms with van der Waals surface area (Å²) in [5.41, 5.74) is 1.83. The Morgan fingerprint density at radius 3 is 2.29 bits per heavy atom. The lowest BCUT2D eigenvalue weighted by Crippen LogP contribution is -2.52. The van der Waals surface area contributed by atoms with Crippen LogP contribution in [0.2, 0.25) is 0 Å². The molecule has 1 aliphatic heterocycles. The van der Waals surface area contributed by atoms with Crippen molar-refractivity contribution in [3.63, 3.8) is 0 Å². The fourth-order valence-corrected chi connectivity index (χ4v) is 2.39. The molecule has 2 heteroatoms. The zero-order valence-electron chi connectivity index (χ0n) is 9.00. The maximum atomic E-state index is 3.48. The second-order valence-corrected chi connectivity index (χ2v) is 5.46. The van der Waals surface area contributed by atoms with Crippen LogP contribution in [0.1, 0.15) is 25.5 Å². The molecule has 2 rings (SSSR count). The molecule has 14 heavy (non-hydrogen) atoms. The summed E-state index contributed by atoms with van der Waals surface area (Å²) in [4.78, 5) is 1.34. The Hall–Kier alpha value is -0.470. The predicted molar refractivity (Wildman–Crippen MR) is 62.7 cm³/mol. The fourth-order valence-electron chi connectivity index (χ4n) is 1.98. The molecule has 0 aromatic heterocycles. The van der Waals surface area contributed by atoms with Gasteiger partial charge in [0.2, 0.25) is 0 Å². The van der Waals surface area contributed by atoms with Crippen LogP contribution < -0.4 is 5.32 Å². The molecule has 1 fully saturated rings. The number of hydrogen-bond donors (Lipinski definition) is 1. The van der Waals surface area contributed by atoms with Crippen molar-refractivity contribution in [3.8, 4) is 0 Å². The molecule has 1 saturated heterocycles. The molecule has 1 aromatic carbocycles. The molecule has 1 unspecified atom stereocenters. The van der Waals surface area contributed by atoms with Crippen molar-refractivity contribution in [1.29, 1.82) is 0 Å². The van der Waals surface area contributed by atoms with Gasteiger partial charge in [-0.2, -0.15) is 0 Å². The van der Waals surface area contributed by atoms with E-state index in [0.29, 0.717) is 11.5 Å². The summed E-state index contributed by atoms with van der Waals surface area (Å²) in [7, 11) is 0. The van der Waals surface area contributed by atoms with Crippen LogP contribution in [0.15, 0.2) is 29.2 Å². The van der Waals surface area contributed by atoms with E-state index in [1.807, 2.05) is 0 Å². The lowest BCUT2D eigenvalue weighted by molar-refractivity contribution is 0.128. The van der Waals surface area contributed by atoms with E-state index in [9.17, 15) is 0 Å². The first-order chi connectivity index (χ1) is 6.63. The summed E-state index contributed by atoms with van der Waals surface area (Å²) in [5, 5.41) is 3.48. The van der Waals surface area contributed by atoms with Crippen LogP contribution in [-0.4, -0.2) is 12.8 Å². The predicted octanol–water partition coefficient (Wildman–Crippen LogP) is 3.08. The highest BCUT2D eigenvalue weighted by molar-refractivity contribution is 7.98. The lowest BCUT2D eigenvalue weighted by atomic mass is 9.74. The molecule has 76 valence electrons. The van der Waals surface area contributed by atoms with E-state index in [1.165, 1.54) is 10.5 Å². The zero-order valence-corrected chi connectivity index (χ0v) is 9.82. The Morgan fingerprint density at radius 2 is 1.93 bits per heavy atom. The largest absolute Gasteiger partial charge is 0.309 e. The molecule has 1 heterocycles. The Balaban J connectivity index is 2.17. The monoisotopic (exact) mass is 207 g/mol. The normalized spacial score (nSPS) is 24.4. The molecule has 1 N–H and O–H groups in total. The summed E-state index contributed by atoms with van der Waals surface area (Å²) < 4.78 is 0. The first kappa shape index (κ1) is 10.1. The molecular formula is C12H17NS. The van der Waals surface area contributed by atoms with E-state index in [2.05, 4.69) is 49.7 Å². The average Bonchev–Trinajstić information content (AvgIpc) is 2.18. The highest BCUT2D eigenvalue weighted by Crippen LogP contribution is 2.40. The first-order valence-electron chi connectivity index (χ1n) is 5.01. The van der Waals surface area contributed by atoms with Gasteiger partial charge >= 0.3 is 0 Å². The SMILES string of the molecule is CSc1ccc(C2NCC2(C)C)cc1. The van der Waals surface area contributed by atoms with Gasteiger partial charge in [0.15, 0.2) is 0 Å². The van der Waals surface area contributed by atoms with Gasteiger partial charge in [0.05, 0.1) is 0 Å². The molecular weight excluding hydrogens is 190 g/mol. The van der Waals surface area contributed by atoms with Crippen molar-refractivity contribution in [3.05, 3.63) is 29.8 Å². The topological polar surface area (TPSA) is 12.0 Å². The van der Waals surface area contributed by atoms with Gasteiger partial charge in [0.1, 0.15) is 0 Å². The van der Waals surface area contributed by atoms with Gasteiger partial charge in [-0.05, 0) is 29.4 Å². The van der Waals surface area contributed by atoms with Crippen molar-refractivity contribution in [2.75, 3.05) is 12.8 Å². The minimum atomic E-state index is 0.418. The maximum absolute atomic E-state index is 3.48. The minimum Gasteiger partial charge on any atom is -0.309 e. The molecule has 0 amide bonds. The van der Waals surface area contributed by atoms with Crippen molar-refractivity contribution >= 4 is 11.8 Å². The Morgan fingerprint density at radius 1 is 1.29 bits per heavy atom. The fraction of sp³-hybridized carbons (Fsp3) is 0.500. The summed E-state index contributed by atoms with van der Waals surface area (Å²) >= 11 is 1.79. The summed E-state index contributed by atoms with van der Waals surface area (Å²) in [6.07, 6.45) is 2.11. The minimum absolute atomic E-state index is 0.418. The van der Waals surface area contributed by atoms with Gasteiger partial charge in [0.25, 0.3) is 0 Å². The number of rotatable bonds is 2. The van der Waals surface area contributed by atoms with Crippen molar-refractivity contribution in [2.45, 2.75) is 24.8 Å². The Kier molecular flexibility index (Phi) is 2.58. The number of benzene rings is 1. The number of hydrogen-bond acceptors (Lipinski definition) is 2. The quantitative estimate of drug-likeness (QED) is 0.748. The molecule has 1 nitrogen and oxygen atoms in total. The van der Waals surface area contributed by atoms with E-state index in [0.717, 1.165) is 6.54 Å². The third kappa shape index (κ3) is 1.69. The highest BCUT2D eigenvalue weighted by atomic mass is 32.2. The Labute approximate surface area is 90.3 Å². The van der Waals surface area contributed by atoms with Crippen molar-refractivity contribution in [1.82, 2.24) is 5.32 Å². The Bertz CT molecular complexity index is 316. The smallest absolute Gasteiger partial charge is 0.0384 e. The number of nitrogens with one attached hydrogen (secondary N) is 1. The van der Waals surface area contributed by atoms with Gasteiger partial charge in [-0.25, -0.2) is 0 Å². The number of thioether (sulfide) groups is 1. The molecule has 0 saturated carbocycles. The summed E-state index contributed by atoms with van der Waals surface area (Å²) in [6.45, 7) is 5.76. The van der Waals surface area contributed by atoms with Gasteiger partial charge < -0.3 is 5.32 Å². The molecule has 0 bridgehead atoms. The van der Waals surface area contributed by atoms with Crippen LogP contribution in [0.5, 0.6) is 0 Å². The van der Waals surface area contributed by atoms with E-state index < -0.39 is 0 Å². The molecule has 1 aromatic rings. The molecule has 0 aliphatic carbocycles. The lowest BCUT2D eigenvalue weighted by Gasteiger charge is -2.46. The van der Waals surface area contributed by atoms with E-state index in [-0.39, 0.29) is 0 Å². The van der Waals surface area contributed by atoms with Crippen LogP contribution in [-0.2, 0) is 0 Å². The second-order valence-electron chi connectivity index (χ2n) is 4.58. The third-order valence-corrected chi connectivity index (χ3v) is 3.74. The van der Waals surface area contributed by atoms with Gasteiger partial charge in [-0.1, -0.05) is 26.0 Å². The van der Waals surface area contributed by atoms with Crippen molar-refractivity contribution < 1.29 is 0 Å². The molecule has 1 atom stereocenters. The van der Waals surface area contributed by atoms with Gasteiger partial charge in [-0.15, -0.1) is 11.8 Å². The van der Waals surface area contributed by atoms with Crippen LogP contribution in [0.3, 0.4) is 0 Å². The second kappa shape index (κ2) is 3.59. The maximum Gasteiger partial charge on any atom is 0.0384 e. The highest BCUT2D eigenvalue weighted by Gasteiger charge is 2.38. The standard InChI is InChI=1S/C12H17NS/c1-12(2)8-13-11(12)9-4-6-10(14-3)7-5-9/h4-7,11,13H,8H2,1-3H3. The van der Waals surface area contributed by atoms with E-state index in [4.69, 9.17) is 0 Å². The third-order valence-electron chi connectivity index (χ3n) is 2.99. The van der Waals surface area contributed by atoms with Gasteiger partial charge in [0, 0.05) is 17.5 Å². The van der Waals surface area contributed by atoms with Crippen molar-refractivity contribution in [2.24, 2.45) is 5.41 Å². The zero-order chi connectivity index (χ0) is 10.2. The molecule has 1 aliphatic rings. The first-order valence-corrected chi connectivity index (χ1v) is 6.23. The van der Waals surface area contributed by atoms with Gasteiger partial charge in [-0.3, -0.25) is 0 Å². The summed E-state index contributed by atoms with van der Waals surface area (Å²) in [5.74, 6) is 0. The average molecular weight is 207 g/mol. The van der Waals surface area contributed by atoms with E-state index in [1.54, 1.807) is 11.8 Å². The van der Waals surface area contributed by atoms with Crippen LogP contribution >= 0.6 is 11.8 Å². The molecule has 0 spiro atoms. The molecule has 0 radical (unpaired) electrons. The van der Waals surface area contributed by atoms with Crippen LogP contribution in [0.25, 0.3) is 0 Å². The summed E-state index contributed by atoms with van der Waals surface area (Å²) in [6, 6.07) is 9.43. The van der Waals surface area contributed by atoms with E-state index >= 15 is 0 Å².